The highest BCUT2D eigenvalue weighted by molar-refractivity contribution is 6.17. The first-order chi connectivity index (χ1) is 14.4. The van der Waals surface area contributed by atoms with E-state index in [1.54, 1.807) is 19.3 Å². The summed E-state index contributed by atoms with van der Waals surface area (Å²) in [5.74, 6) is -1.29. The van der Waals surface area contributed by atoms with Crippen LogP contribution in [-0.4, -0.2) is 74.7 Å². The Balaban J connectivity index is 1.92. The van der Waals surface area contributed by atoms with Crippen LogP contribution >= 0.6 is 0 Å². The maximum absolute atomic E-state index is 13.8. The largest absolute Gasteiger partial charge is 0.382 e. The predicted octanol–water partition coefficient (Wildman–Crippen LogP) is 2.05. The topological polar surface area (TPSA) is 77.5 Å². The summed E-state index contributed by atoms with van der Waals surface area (Å²) in [5, 5.41) is 3.09. The van der Waals surface area contributed by atoms with Crippen molar-refractivity contribution >= 4 is 11.7 Å². The number of hydroxylamine groups is 4. The molecule has 8 heteroatoms. The van der Waals surface area contributed by atoms with Gasteiger partial charge in [-0.1, -0.05) is 17.7 Å². The van der Waals surface area contributed by atoms with E-state index in [9.17, 15) is 9.59 Å². The highest BCUT2D eigenvalue weighted by Gasteiger charge is 2.61. The Morgan fingerprint density at radius 2 is 1.67 bits per heavy atom. The third-order valence-electron chi connectivity index (χ3n) is 6.09. The van der Waals surface area contributed by atoms with E-state index in [0.717, 1.165) is 22.3 Å². The van der Waals surface area contributed by atoms with E-state index in [0.29, 0.717) is 39.1 Å². The van der Waals surface area contributed by atoms with Gasteiger partial charge in [0.2, 0.25) is 0 Å². The molecule has 1 aromatic carbocycles. The second kappa shape index (κ2) is 9.53. The van der Waals surface area contributed by atoms with Gasteiger partial charge in [0, 0.05) is 20.2 Å². The Kier molecular flexibility index (Phi) is 7.26. The fourth-order valence-corrected chi connectivity index (χ4v) is 4.68. The molecular weight excluding hydrogens is 388 g/mol. The van der Waals surface area contributed by atoms with Gasteiger partial charge in [-0.15, -0.1) is 0 Å². The zero-order valence-electron chi connectivity index (χ0n) is 18.5. The van der Waals surface area contributed by atoms with E-state index in [4.69, 9.17) is 19.1 Å². The molecule has 8 nitrogen and oxygen atoms in total. The number of ether oxygens (including phenoxy) is 2. The Bertz CT molecular complexity index is 765. The van der Waals surface area contributed by atoms with Crippen molar-refractivity contribution in [2.24, 2.45) is 0 Å². The van der Waals surface area contributed by atoms with Crippen LogP contribution in [0.2, 0.25) is 0 Å². The van der Waals surface area contributed by atoms with Crippen LogP contribution in [0.5, 0.6) is 0 Å². The number of hydrogen-bond donors (Lipinski definition) is 0. The van der Waals surface area contributed by atoms with Gasteiger partial charge in [-0.05, 0) is 50.3 Å². The molecule has 1 unspecified atom stereocenters. The summed E-state index contributed by atoms with van der Waals surface area (Å²) in [6.45, 7) is 7.65. The number of carbonyl (C=O) groups is 2. The lowest BCUT2D eigenvalue weighted by molar-refractivity contribution is -0.261. The van der Waals surface area contributed by atoms with Gasteiger partial charge in [0.25, 0.3) is 5.91 Å². The minimum absolute atomic E-state index is 0.102. The molecule has 2 aliphatic heterocycles. The summed E-state index contributed by atoms with van der Waals surface area (Å²) >= 11 is 0. The van der Waals surface area contributed by atoms with E-state index >= 15 is 0 Å². The molecule has 1 aromatic rings. The second-order valence-electron chi connectivity index (χ2n) is 8.03. The van der Waals surface area contributed by atoms with Gasteiger partial charge in [0.15, 0.2) is 12.6 Å². The normalized spacial score (nSPS) is 21.8. The van der Waals surface area contributed by atoms with Crippen LogP contribution in [0.4, 0.5) is 0 Å². The molecule has 1 amide bonds. The highest BCUT2D eigenvalue weighted by atomic mass is 16.8. The lowest BCUT2D eigenvalue weighted by atomic mass is 9.79. The van der Waals surface area contributed by atoms with Gasteiger partial charge in [0.1, 0.15) is 11.5 Å². The van der Waals surface area contributed by atoms with E-state index in [-0.39, 0.29) is 18.5 Å². The maximum atomic E-state index is 13.8. The lowest BCUT2D eigenvalue weighted by Crippen LogP contribution is -2.56. The van der Waals surface area contributed by atoms with Gasteiger partial charge in [-0.3, -0.25) is 9.59 Å². The molecule has 0 radical (unpaired) electrons. The fourth-order valence-electron chi connectivity index (χ4n) is 4.68. The highest BCUT2D eigenvalue weighted by Crippen LogP contribution is 2.44. The molecule has 0 saturated carbocycles. The molecule has 166 valence electrons. The molecule has 2 heterocycles. The van der Waals surface area contributed by atoms with Crippen LogP contribution in [0.15, 0.2) is 12.1 Å². The second-order valence-corrected chi connectivity index (χ2v) is 8.03. The molecule has 0 N–H and O–H groups in total. The standard InChI is InChI=1S/C22H32N2O6/c1-15-12-16(2)18(17(3)13-15)19-20(25)22(6-8-23(28-5)9-7-22)24(21(19)26)30-14-29-11-10-27-4/h12-13,19H,6-11,14H2,1-5H3. The van der Waals surface area contributed by atoms with Crippen molar-refractivity contribution in [1.29, 1.82) is 0 Å². The summed E-state index contributed by atoms with van der Waals surface area (Å²) in [6.07, 6.45) is 0.897. The Hall–Kier alpha value is -1.84. The van der Waals surface area contributed by atoms with Gasteiger partial charge in [0.05, 0.1) is 20.3 Å². The number of rotatable bonds is 8. The molecule has 1 atom stereocenters. The van der Waals surface area contributed by atoms with Crippen molar-refractivity contribution in [3.8, 4) is 0 Å². The molecule has 30 heavy (non-hydrogen) atoms. The van der Waals surface area contributed by atoms with Crippen molar-refractivity contribution in [3.63, 3.8) is 0 Å². The zero-order chi connectivity index (χ0) is 21.9. The number of aryl methyl sites for hydroxylation is 3. The fraction of sp³-hybridized carbons (Fsp3) is 0.636. The van der Waals surface area contributed by atoms with Gasteiger partial charge < -0.3 is 14.3 Å². The maximum Gasteiger partial charge on any atom is 0.262 e. The quantitative estimate of drug-likeness (QED) is 0.362. The summed E-state index contributed by atoms with van der Waals surface area (Å²) in [4.78, 5) is 38.4. The number of benzene rings is 1. The summed E-state index contributed by atoms with van der Waals surface area (Å²) in [7, 11) is 3.20. The average molecular weight is 421 g/mol. The third kappa shape index (κ3) is 4.15. The zero-order valence-corrected chi connectivity index (χ0v) is 18.5. The van der Waals surface area contributed by atoms with E-state index in [2.05, 4.69) is 0 Å². The van der Waals surface area contributed by atoms with Gasteiger partial charge >= 0.3 is 0 Å². The third-order valence-corrected chi connectivity index (χ3v) is 6.09. The van der Waals surface area contributed by atoms with Crippen molar-refractivity contribution in [2.75, 3.05) is 47.3 Å². The monoisotopic (exact) mass is 420 g/mol. The Morgan fingerprint density at radius 1 is 1.03 bits per heavy atom. The van der Waals surface area contributed by atoms with Gasteiger partial charge in [-0.2, -0.15) is 5.06 Å². The molecule has 2 fully saturated rings. The summed E-state index contributed by atoms with van der Waals surface area (Å²) in [5.41, 5.74) is 2.78. The number of nitrogens with zero attached hydrogens (tertiary/aromatic N) is 2. The number of ketones is 1. The lowest BCUT2D eigenvalue weighted by Gasteiger charge is -2.41. The van der Waals surface area contributed by atoms with E-state index in [1.807, 2.05) is 32.9 Å². The first-order valence-electron chi connectivity index (χ1n) is 10.3. The van der Waals surface area contributed by atoms with Crippen LogP contribution < -0.4 is 0 Å². The van der Waals surface area contributed by atoms with Crippen LogP contribution in [0.25, 0.3) is 0 Å². The predicted molar refractivity (Wildman–Crippen MR) is 110 cm³/mol. The number of hydrogen-bond acceptors (Lipinski definition) is 7. The molecule has 0 aromatic heterocycles. The number of piperidine rings is 1. The number of methoxy groups -OCH3 is 1. The van der Waals surface area contributed by atoms with E-state index in [1.165, 1.54) is 5.06 Å². The molecule has 0 aliphatic carbocycles. The van der Waals surface area contributed by atoms with Gasteiger partial charge in [-0.25, -0.2) is 9.90 Å². The SMILES string of the molecule is COCCOCON1C(=O)C(c2c(C)cc(C)cc2C)C(=O)C12CCN(OC)CC2. The first kappa shape index (κ1) is 22.8. The van der Waals surface area contributed by atoms with Crippen molar-refractivity contribution in [3.05, 3.63) is 34.4 Å². The minimum Gasteiger partial charge on any atom is -0.382 e. The number of Topliss-reactive ketones (excluding diaryl/α,β-unsaturated/α-hetero) is 1. The molecular formula is C22H32N2O6. The molecule has 3 rings (SSSR count). The van der Waals surface area contributed by atoms with Crippen LogP contribution in [-0.2, 0) is 28.7 Å². The minimum atomic E-state index is -1.01. The van der Waals surface area contributed by atoms with Crippen molar-refractivity contribution in [2.45, 2.75) is 45.1 Å². The first-order valence-corrected chi connectivity index (χ1v) is 10.3. The Morgan fingerprint density at radius 3 is 2.23 bits per heavy atom. The van der Waals surface area contributed by atoms with Crippen molar-refractivity contribution in [1.82, 2.24) is 10.1 Å². The number of amides is 1. The number of carbonyl (C=O) groups excluding carboxylic acids is 2. The average Bonchev–Trinajstić information content (AvgIpc) is 2.90. The summed E-state index contributed by atoms with van der Waals surface area (Å²) in [6, 6.07) is 4.03. The molecule has 1 spiro atoms. The van der Waals surface area contributed by atoms with E-state index < -0.39 is 11.5 Å². The summed E-state index contributed by atoms with van der Waals surface area (Å²) < 4.78 is 10.4. The Labute approximate surface area is 177 Å². The van der Waals surface area contributed by atoms with Crippen molar-refractivity contribution < 1.29 is 28.7 Å². The molecule has 0 bridgehead atoms. The molecule has 2 saturated heterocycles. The smallest absolute Gasteiger partial charge is 0.262 e. The van der Waals surface area contributed by atoms with Crippen LogP contribution in [0.1, 0.15) is 41.0 Å². The van der Waals surface area contributed by atoms with Crippen LogP contribution in [0.3, 0.4) is 0 Å². The van der Waals surface area contributed by atoms with Crippen LogP contribution in [0, 0.1) is 20.8 Å². The molecule has 2 aliphatic rings.